The molecule has 0 aliphatic heterocycles. The molecule has 0 radical (unpaired) electrons. The van der Waals surface area contributed by atoms with Crippen molar-refractivity contribution in [1.29, 1.82) is 0 Å². The number of halogens is 4. The standard InChI is InChI=1S/C13H10ClF3N2O/c1-8-6-11(14)19-12(18-8)7-20-10-4-2-9(3-5-10)13(15,16)17/h2-6H,7H2,1H3. The van der Waals surface area contributed by atoms with E-state index in [2.05, 4.69) is 9.97 Å². The van der Waals surface area contributed by atoms with Gasteiger partial charge in [-0.1, -0.05) is 11.6 Å². The van der Waals surface area contributed by atoms with Gasteiger partial charge in [-0.15, -0.1) is 0 Å². The second-order valence-corrected chi connectivity index (χ2v) is 4.45. The Morgan fingerprint density at radius 2 is 1.80 bits per heavy atom. The molecule has 0 aliphatic rings. The number of hydrogen-bond acceptors (Lipinski definition) is 3. The Balaban J connectivity index is 2.04. The molecule has 0 aliphatic carbocycles. The first kappa shape index (κ1) is 14.6. The van der Waals surface area contributed by atoms with Gasteiger partial charge in [-0.25, -0.2) is 9.97 Å². The Morgan fingerprint density at radius 3 is 2.35 bits per heavy atom. The predicted octanol–water partition coefficient (Wildman–Crippen LogP) is 4.04. The number of alkyl halides is 3. The maximum Gasteiger partial charge on any atom is 0.416 e. The lowest BCUT2D eigenvalue weighted by Gasteiger charge is -2.09. The minimum absolute atomic E-state index is 0.0345. The average Bonchev–Trinajstić information content (AvgIpc) is 2.35. The third-order valence-corrected chi connectivity index (χ3v) is 2.61. The van der Waals surface area contributed by atoms with Crippen molar-refractivity contribution in [2.45, 2.75) is 19.7 Å². The fourth-order valence-electron chi connectivity index (χ4n) is 1.54. The fraction of sp³-hybridized carbons (Fsp3) is 0.231. The molecule has 0 saturated carbocycles. The zero-order valence-corrected chi connectivity index (χ0v) is 11.2. The van der Waals surface area contributed by atoms with Crippen LogP contribution in [0.4, 0.5) is 13.2 Å². The number of rotatable bonds is 3. The Labute approximate surface area is 118 Å². The van der Waals surface area contributed by atoms with E-state index < -0.39 is 11.7 Å². The smallest absolute Gasteiger partial charge is 0.416 e. The van der Waals surface area contributed by atoms with Crippen molar-refractivity contribution >= 4 is 11.6 Å². The summed E-state index contributed by atoms with van der Waals surface area (Å²) < 4.78 is 42.5. The lowest BCUT2D eigenvalue weighted by molar-refractivity contribution is -0.137. The molecule has 2 aromatic rings. The molecule has 1 aromatic carbocycles. The van der Waals surface area contributed by atoms with Crippen LogP contribution in [0.1, 0.15) is 17.1 Å². The molecule has 0 spiro atoms. The molecule has 2 rings (SSSR count). The normalized spacial score (nSPS) is 11.4. The summed E-state index contributed by atoms with van der Waals surface area (Å²) in [6.45, 7) is 1.79. The highest BCUT2D eigenvalue weighted by Gasteiger charge is 2.29. The first-order chi connectivity index (χ1) is 9.34. The van der Waals surface area contributed by atoms with E-state index in [1.807, 2.05) is 0 Å². The molecule has 106 valence electrons. The number of aromatic nitrogens is 2. The van der Waals surface area contributed by atoms with Crippen LogP contribution in [0.25, 0.3) is 0 Å². The van der Waals surface area contributed by atoms with Gasteiger partial charge >= 0.3 is 6.18 Å². The summed E-state index contributed by atoms with van der Waals surface area (Å²) in [4.78, 5) is 8.06. The van der Waals surface area contributed by atoms with Crippen molar-refractivity contribution in [2.75, 3.05) is 0 Å². The average molecular weight is 303 g/mol. The number of benzene rings is 1. The third kappa shape index (κ3) is 3.84. The van der Waals surface area contributed by atoms with Crippen LogP contribution in [0.3, 0.4) is 0 Å². The molecular weight excluding hydrogens is 293 g/mol. The van der Waals surface area contributed by atoms with Crippen molar-refractivity contribution in [3.63, 3.8) is 0 Å². The summed E-state index contributed by atoms with van der Waals surface area (Å²) in [5.74, 6) is 0.675. The molecule has 1 heterocycles. The monoisotopic (exact) mass is 302 g/mol. The number of ether oxygens (including phenoxy) is 1. The van der Waals surface area contributed by atoms with Crippen LogP contribution >= 0.6 is 11.6 Å². The quantitative estimate of drug-likeness (QED) is 0.803. The maximum atomic E-state index is 12.4. The summed E-state index contributed by atoms with van der Waals surface area (Å²) in [5.41, 5.74) is -0.0317. The van der Waals surface area contributed by atoms with E-state index >= 15 is 0 Å². The van der Waals surface area contributed by atoms with E-state index in [1.165, 1.54) is 12.1 Å². The predicted molar refractivity (Wildman–Crippen MR) is 67.6 cm³/mol. The summed E-state index contributed by atoms with van der Waals surface area (Å²) in [7, 11) is 0. The molecule has 0 amide bonds. The second-order valence-electron chi connectivity index (χ2n) is 4.06. The lowest BCUT2D eigenvalue weighted by atomic mass is 10.2. The fourth-order valence-corrected chi connectivity index (χ4v) is 1.80. The summed E-state index contributed by atoms with van der Waals surface area (Å²) in [6.07, 6.45) is -4.36. The first-order valence-electron chi connectivity index (χ1n) is 5.65. The Hall–Kier alpha value is -1.82. The van der Waals surface area contributed by atoms with Crippen molar-refractivity contribution in [1.82, 2.24) is 9.97 Å². The summed E-state index contributed by atoms with van der Waals surface area (Å²) in [6, 6.07) is 6.02. The van der Waals surface area contributed by atoms with Gasteiger partial charge in [0.2, 0.25) is 0 Å². The van der Waals surface area contributed by atoms with Gasteiger partial charge in [-0.3, -0.25) is 0 Å². The van der Waals surface area contributed by atoms with Gasteiger partial charge < -0.3 is 4.74 Å². The molecule has 0 atom stereocenters. The SMILES string of the molecule is Cc1cc(Cl)nc(COc2ccc(C(F)(F)F)cc2)n1. The van der Waals surface area contributed by atoms with Gasteiger partial charge in [0.15, 0.2) is 5.82 Å². The highest BCUT2D eigenvalue weighted by Crippen LogP contribution is 2.30. The van der Waals surface area contributed by atoms with Crippen molar-refractivity contribution in [3.05, 3.63) is 52.6 Å². The van der Waals surface area contributed by atoms with Crippen molar-refractivity contribution < 1.29 is 17.9 Å². The molecule has 7 heteroatoms. The van der Waals surface area contributed by atoms with Crippen LogP contribution in [0, 0.1) is 6.92 Å². The largest absolute Gasteiger partial charge is 0.486 e. The van der Waals surface area contributed by atoms with Crippen LogP contribution in [-0.4, -0.2) is 9.97 Å². The summed E-state index contributed by atoms with van der Waals surface area (Å²) in [5, 5.41) is 0.295. The second kappa shape index (κ2) is 5.66. The third-order valence-electron chi connectivity index (χ3n) is 2.42. The van der Waals surface area contributed by atoms with Gasteiger partial charge in [0.05, 0.1) is 5.56 Å². The summed E-state index contributed by atoms with van der Waals surface area (Å²) >= 11 is 5.77. The van der Waals surface area contributed by atoms with Gasteiger partial charge in [0, 0.05) is 5.69 Å². The van der Waals surface area contributed by atoms with E-state index in [-0.39, 0.29) is 6.61 Å². The molecule has 0 saturated heterocycles. The van der Waals surface area contributed by atoms with E-state index in [4.69, 9.17) is 16.3 Å². The molecule has 0 bridgehead atoms. The number of aryl methyl sites for hydroxylation is 1. The Bertz CT molecular complexity index is 579. The Kier molecular flexibility index (Phi) is 4.13. The van der Waals surface area contributed by atoms with Crippen LogP contribution in [0.2, 0.25) is 5.15 Å². The van der Waals surface area contributed by atoms with Crippen LogP contribution in [-0.2, 0) is 12.8 Å². The minimum atomic E-state index is -4.36. The number of hydrogen-bond donors (Lipinski definition) is 0. The van der Waals surface area contributed by atoms with Gasteiger partial charge in [-0.2, -0.15) is 13.2 Å². The van der Waals surface area contributed by atoms with Crippen molar-refractivity contribution in [2.24, 2.45) is 0 Å². The van der Waals surface area contributed by atoms with Crippen LogP contribution in [0.5, 0.6) is 5.75 Å². The maximum absolute atomic E-state index is 12.4. The van der Waals surface area contributed by atoms with Crippen molar-refractivity contribution in [3.8, 4) is 5.75 Å². The topological polar surface area (TPSA) is 35.0 Å². The Morgan fingerprint density at radius 1 is 1.15 bits per heavy atom. The molecule has 0 fully saturated rings. The van der Waals surface area contributed by atoms with Gasteiger partial charge in [0.25, 0.3) is 0 Å². The highest BCUT2D eigenvalue weighted by molar-refractivity contribution is 6.29. The molecule has 0 unspecified atom stereocenters. The molecule has 1 aromatic heterocycles. The zero-order chi connectivity index (χ0) is 14.8. The minimum Gasteiger partial charge on any atom is -0.486 e. The van der Waals surface area contributed by atoms with E-state index in [0.717, 1.165) is 12.1 Å². The molecule has 20 heavy (non-hydrogen) atoms. The van der Waals surface area contributed by atoms with Crippen LogP contribution < -0.4 is 4.74 Å². The molecule has 0 N–H and O–H groups in total. The molecule has 3 nitrogen and oxygen atoms in total. The molecular formula is C13H10ClF3N2O. The number of nitrogens with zero attached hydrogens (tertiary/aromatic N) is 2. The van der Waals surface area contributed by atoms with Gasteiger partial charge in [-0.05, 0) is 37.3 Å². The van der Waals surface area contributed by atoms with Gasteiger partial charge in [0.1, 0.15) is 17.5 Å². The first-order valence-corrected chi connectivity index (χ1v) is 6.02. The van der Waals surface area contributed by atoms with Crippen LogP contribution in [0.15, 0.2) is 30.3 Å². The zero-order valence-electron chi connectivity index (χ0n) is 10.4. The van der Waals surface area contributed by atoms with E-state index in [0.29, 0.717) is 22.4 Å². The van der Waals surface area contributed by atoms with E-state index in [1.54, 1.807) is 13.0 Å². The van der Waals surface area contributed by atoms with E-state index in [9.17, 15) is 13.2 Å². The highest BCUT2D eigenvalue weighted by atomic mass is 35.5. The lowest BCUT2D eigenvalue weighted by Crippen LogP contribution is -2.05.